The van der Waals surface area contributed by atoms with Gasteiger partial charge < -0.3 is 14.6 Å². The molecule has 0 bridgehead atoms. The lowest BCUT2D eigenvalue weighted by atomic mass is 10.2. The van der Waals surface area contributed by atoms with Crippen LogP contribution < -0.4 is 0 Å². The molecule has 1 heterocycles. The average molecular weight is 462 g/mol. The van der Waals surface area contributed by atoms with Crippen molar-refractivity contribution >= 4 is 37.8 Å². The summed E-state index contributed by atoms with van der Waals surface area (Å²) in [6.45, 7) is 2.54. The Morgan fingerprint density at radius 3 is 2.67 bits per heavy atom. The van der Waals surface area contributed by atoms with Gasteiger partial charge in [0.15, 0.2) is 0 Å². The summed E-state index contributed by atoms with van der Waals surface area (Å²) in [5.74, 6) is -0.465. The molecule has 0 aliphatic rings. The topological polar surface area (TPSA) is 73.6 Å². The zero-order chi connectivity index (χ0) is 17.5. The van der Waals surface area contributed by atoms with Crippen molar-refractivity contribution in [3.63, 3.8) is 0 Å². The Morgan fingerprint density at radius 2 is 2.04 bits per heavy atom. The van der Waals surface area contributed by atoms with Crippen molar-refractivity contribution in [1.29, 1.82) is 0 Å². The lowest BCUT2D eigenvalue weighted by molar-refractivity contribution is -0.00941. The minimum atomic E-state index is -0.465. The largest absolute Gasteiger partial charge is 0.462 e. The van der Waals surface area contributed by atoms with Gasteiger partial charge in [0.05, 0.1) is 26.4 Å². The van der Waals surface area contributed by atoms with Gasteiger partial charge in [-0.1, -0.05) is 30.3 Å². The average Bonchev–Trinajstić information content (AvgIpc) is 2.86. The van der Waals surface area contributed by atoms with Gasteiger partial charge >= 0.3 is 5.97 Å². The van der Waals surface area contributed by atoms with Crippen molar-refractivity contribution < 1.29 is 19.4 Å². The van der Waals surface area contributed by atoms with E-state index in [1.165, 1.54) is 0 Å². The first kappa shape index (κ1) is 19.1. The third-order valence-electron chi connectivity index (χ3n) is 3.24. The van der Waals surface area contributed by atoms with E-state index < -0.39 is 12.1 Å². The van der Waals surface area contributed by atoms with Crippen molar-refractivity contribution in [2.45, 2.75) is 26.2 Å². The molecule has 0 amide bonds. The molecule has 0 saturated heterocycles. The summed E-state index contributed by atoms with van der Waals surface area (Å²) in [6, 6.07) is 9.70. The number of carbonyl (C=O) groups is 1. The van der Waals surface area contributed by atoms with Crippen LogP contribution in [0.5, 0.6) is 0 Å². The van der Waals surface area contributed by atoms with Gasteiger partial charge in [-0.25, -0.2) is 4.79 Å². The summed E-state index contributed by atoms with van der Waals surface area (Å²) < 4.78 is 13.2. The van der Waals surface area contributed by atoms with Crippen LogP contribution in [0.1, 0.15) is 22.8 Å². The van der Waals surface area contributed by atoms with Crippen LogP contribution in [-0.2, 0) is 22.6 Å². The van der Waals surface area contributed by atoms with Crippen molar-refractivity contribution in [2.24, 2.45) is 0 Å². The third-order valence-corrected chi connectivity index (χ3v) is 4.60. The number of nitrogens with zero attached hydrogens (tertiary/aromatic N) is 2. The number of hydrogen-bond acceptors (Lipinski definition) is 5. The number of aliphatic hydroxyl groups is 1. The van der Waals surface area contributed by atoms with E-state index in [2.05, 4.69) is 37.0 Å². The molecule has 6 nitrogen and oxygen atoms in total. The predicted octanol–water partition coefficient (Wildman–Crippen LogP) is 3.16. The fourth-order valence-electron chi connectivity index (χ4n) is 2.05. The molecule has 1 atom stereocenters. The lowest BCUT2D eigenvalue weighted by Crippen LogP contribution is -2.25. The number of ether oxygens (including phenoxy) is 2. The van der Waals surface area contributed by atoms with E-state index in [9.17, 15) is 9.90 Å². The number of aromatic nitrogens is 2. The van der Waals surface area contributed by atoms with E-state index >= 15 is 0 Å². The molecule has 1 aromatic heterocycles. The van der Waals surface area contributed by atoms with E-state index in [1.54, 1.807) is 11.6 Å². The number of aliphatic hydroxyl groups excluding tert-OH is 1. The quantitative estimate of drug-likeness (QED) is 0.611. The molecule has 8 heteroatoms. The van der Waals surface area contributed by atoms with Gasteiger partial charge in [0.25, 0.3) is 0 Å². The Bertz CT molecular complexity index is 676. The summed E-state index contributed by atoms with van der Waals surface area (Å²) in [7, 11) is 0. The number of hydrogen-bond donors (Lipinski definition) is 1. The van der Waals surface area contributed by atoms with Crippen molar-refractivity contribution in [3.05, 3.63) is 50.7 Å². The molecule has 0 radical (unpaired) electrons. The Hall–Kier alpha value is -1.22. The summed E-state index contributed by atoms with van der Waals surface area (Å²) in [6.07, 6.45) is -0.455. The molecular formula is C16H18Br2N2O4. The highest BCUT2D eigenvalue weighted by molar-refractivity contribution is 9.11. The zero-order valence-electron chi connectivity index (χ0n) is 13.1. The lowest BCUT2D eigenvalue weighted by Gasteiger charge is -2.16. The van der Waals surface area contributed by atoms with Crippen LogP contribution in [0.4, 0.5) is 0 Å². The maximum Gasteiger partial charge on any atom is 0.343 e. The second kappa shape index (κ2) is 9.31. The Balaban J connectivity index is 2.05. The molecule has 0 spiro atoms. The summed E-state index contributed by atoms with van der Waals surface area (Å²) in [5.41, 5.74) is 1.33. The van der Waals surface area contributed by atoms with E-state index in [-0.39, 0.29) is 13.2 Å². The van der Waals surface area contributed by atoms with Crippen LogP contribution in [-0.4, -0.2) is 40.2 Å². The fourth-order valence-corrected chi connectivity index (χ4v) is 3.43. The molecule has 1 unspecified atom stereocenters. The predicted molar refractivity (Wildman–Crippen MR) is 95.7 cm³/mol. The van der Waals surface area contributed by atoms with Crippen molar-refractivity contribution in [2.75, 3.05) is 13.2 Å². The minimum Gasteiger partial charge on any atom is -0.462 e. The van der Waals surface area contributed by atoms with Gasteiger partial charge in [-0.15, -0.1) is 0 Å². The smallest absolute Gasteiger partial charge is 0.343 e. The molecular weight excluding hydrogens is 444 g/mol. The third kappa shape index (κ3) is 4.89. The number of halogens is 2. The van der Waals surface area contributed by atoms with Crippen LogP contribution in [0, 0.1) is 0 Å². The maximum atomic E-state index is 11.9. The molecule has 0 fully saturated rings. The van der Waals surface area contributed by atoms with E-state index in [0.29, 0.717) is 27.9 Å². The van der Waals surface area contributed by atoms with Crippen LogP contribution in [0.3, 0.4) is 0 Å². The number of carbonyl (C=O) groups excluding carboxylic acids is 1. The standard InChI is InChI=1S/C16H18Br2N2O4/c1-2-23-16(22)13-14(17)19-20(15(13)18)8-12(9-21)24-10-11-6-4-3-5-7-11/h3-7,12,21H,2,8-10H2,1H3. The van der Waals surface area contributed by atoms with Crippen molar-refractivity contribution in [1.82, 2.24) is 9.78 Å². The van der Waals surface area contributed by atoms with Crippen molar-refractivity contribution in [3.8, 4) is 0 Å². The Morgan fingerprint density at radius 1 is 1.33 bits per heavy atom. The van der Waals surface area contributed by atoms with Gasteiger partial charge in [-0.3, -0.25) is 4.68 Å². The fraction of sp³-hybridized carbons (Fsp3) is 0.375. The van der Waals surface area contributed by atoms with E-state index in [1.807, 2.05) is 30.3 Å². The van der Waals surface area contributed by atoms with E-state index in [4.69, 9.17) is 9.47 Å². The van der Waals surface area contributed by atoms with Crippen LogP contribution in [0.2, 0.25) is 0 Å². The zero-order valence-corrected chi connectivity index (χ0v) is 16.3. The number of esters is 1. The first-order chi connectivity index (χ1) is 11.6. The van der Waals surface area contributed by atoms with Crippen LogP contribution >= 0.6 is 31.9 Å². The molecule has 24 heavy (non-hydrogen) atoms. The Kier molecular flexibility index (Phi) is 7.41. The summed E-state index contributed by atoms with van der Waals surface area (Å²) in [5, 5.41) is 13.8. The molecule has 2 rings (SSSR count). The first-order valence-corrected chi connectivity index (χ1v) is 9.00. The molecule has 1 N–H and O–H groups in total. The summed E-state index contributed by atoms with van der Waals surface area (Å²) >= 11 is 6.62. The highest BCUT2D eigenvalue weighted by Crippen LogP contribution is 2.26. The molecule has 0 aliphatic carbocycles. The van der Waals surface area contributed by atoms with Crippen LogP contribution in [0.15, 0.2) is 39.5 Å². The second-order valence-corrected chi connectivity index (χ2v) is 6.46. The van der Waals surface area contributed by atoms with Gasteiger partial charge in [0.1, 0.15) is 20.9 Å². The van der Waals surface area contributed by atoms with Gasteiger partial charge in [0, 0.05) is 0 Å². The van der Waals surface area contributed by atoms with Gasteiger partial charge in [0.2, 0.25) is 0 Å². The molecule has 0 saturated carbocycles. The molecule has 130 valence electrons. The monoisotopic (exact) mass is 460 g/mol. The van der Waals surface area contributed by atoms with Gasteiger partial charge in [-0.2, -0.15) is 5.10 Å². The minimum absolute atomic E-state index is 0.161. The van der Waals surface area contributed by atoms with E-state index in [0.717, 1.165) is 5.56 Å². The maximum absolute atomic E-state index is 11.9. The SMILES string of the molecule is CCOC(=O)c1c(Br)nn(CC(CO)OCc2ccccc2)c1Br. The number of rotatable bonds is 8. The van der Waals surface area contributed by atoms with Crippen LogP contribution in [0.25, 0.3) is 0 Å². The molecule has 2 aromatic rings. The highest BCUT2D eigenvalue weighted by atomic mass is 79.9. The van der Waals surface area contributed by atoms with Gasteiger partial charge in [-0.05, 0) is 44.3 Å². The summed E-state index contributed by atoms with van der Waals surface area (Å²) in [4.78, 5) is 11.9. The Labute approximate surface area is 157 Å². The normalized spacial score (nSPS) is 12.2. The molecule has 1 aromatic carbocycles. The first-order valence-electron chi connectivity index (χ1n) is 7.42. The highest BCUT2D eigenvalue weighted by Gasteiger charge is 2.23. The number of benzene rings is 1. The second-order valence-electron chi connectivity index (χ2n) is 4.96. The molecule has 0 aliphatic heterocycles.